The van der Waals surface area contributed by atoms with Crippen molar-refractivity contribution in [2.45, 2.75) is 6.04 Å². The predicted molar refractivity (Wildman–Crippen MR) is 50.0 cm³/mol. The van der Waals surface area contributed by atoms with Gasteiger partial charge in [-0.15, -0.1) is 0 Å². The average Bonchev–Trinajstić information content (AvgIpc) is 2.59. The van der Waals surface area contributed by atoms with E-state index in [9.17, 15) is 10.1 Å². The third-order valence-corrected chi connectivity index (χ3v) is 2.41. The maximum absolute atomic E-state index is 10.4. The van der Waals surface area contributed by atoms with Crippen molar-refractivity contribution >= 4 is 5.69 Å². The topological polar surface area (TPSA) is 88.0 Å². The summed E-state index contributed by atoms with van der Waals surface area (Å²) in [5, 5.41) is 22.8. The first-order valence-electron chi connectivity index (χ1n) is 4.48. The number of nitrogens with zero attached hydrogens (tertiary/aromatic N) is 5. The Labute approximate surface area is 85.7 Å². The van der Waals surface area contributed by atoms with Gasteiger partial charge in [-0.2, -0.15) is 10.4 Å². The Hall–Kier alpha value is -1.94. The highest BCUT2D eigenvalue weighted by molar-refractivity contribution is 5.21. The molecule has 1 saturated heterocycles. The molecule has 7 nitrogen and oxygen atoms in total. The summed E-state index contributed by atoms with van der Waals surface area (Å²) in [4.78, 5) is 11.9. The average molecular weight is 207 g/mol. The number of likely N-dealkylation sites (tertiary alicyclic amines) is 1. The normalized spacial score (nSPS) is 17.0. The lowest BCUT2D eigenvalue weighted by molar-refractivity contribution is -0.385. The van der Waals surface area contributed by atoms with Gasteiger partial charge < -0.3 is 0 Å². The molecule has 78 valence electrons. The van der Waals surface area contributed by atoms with Crippen LogP contribution in [-0.2, 0) is 0 Å². The summed E-state index contributed by atoms with van der Waals surface area (Å²) in [6, 6.07) is 2.21. The zero-order valence-electron chi connectivity index (χ0n) is 7.91. The smallest absolute Gasteiger partial charge is 0.286 e. The quantitative estimate of drug-likeness (QED) is 0.400. The van der Waals surface area contributed by atoms with E-state index in [-0.39, 0.29) is 11.7 Å². The zero-order chi connectivity index (χ0) is 10.8. The van der Waals surface area contributed by atoms with Crippen LogP contribution < -0.4 is 0 Å². The molecule has 0 amide bonds. The Bertz CT molecular complexity index is 415. The van der Waals surface area contributed by atoms with E-state index in [0.717, 1.165) is 13.1 Å². The first kappa shape index (κ1) is 9.61. The standard InChI is InChI=1S/C8H9N5O2/c9-1-2-11-4-8(5-11)12-6-7(3-10-12)13(14)15/h3,6,8H,2,4-5H2. The lowest BCUT2D eigenvalue weighted by Crippen LogP contribution is -2.47. The van der Waals surface area contributed by atoms with Crippen molar-refractivity contribution in [2.75, 3.05) is 19.6 Å². The van der Waals surface area contributed by atoms with Crippen LogP contribution in [0.25, 0.3) is 0 Å². The van der Waals surface area contributed by atoms with Crippen molar-refractivity contribution < 1.29 is 4.92 Å². The van der Waals surface area contributed by atoms with Crippen molar-refractivity contribution in [3.63, 3.8) is 0 Å². The molecule has 0 spiro atoms. The molecular formula is C8H9N5O2. The second-order valence-corrected chi connectivity index (χ2v) is 3.44. The molecule has 1 aromatic heterocycles. The van der Waals surface area contributed by atoms with Gasteiger partial charge in [-0.05, 0) is 0 Å². The van der Waals surface area contributed by atoms with Crippen LogP contribution in [0.2, 0.25) is 0 Å². The van der Waals surface area contributed by atoms with Gasteiger partial charge in [0.15, 0.2) is 0 Å². The third-order valence-electron chi connectivity index (χ3n) is 2.41. The van der Waals surface area contributed by atoms with Gasteiger partial charge in [-0.3, -0.25) is 19.7 Å². The molecule has 2 heterocycles. The van der Waals surface area contributed by atoms with Crippen molar-refractivity contribution in [3.8, 4) is 6.07 Å². The Morgan fingerprint density at radius 1 is 1.73 bits per heavy atom. The molecule has 15 heavy (non-hydrogen) atoms. The highest BCUT2D eigenvalue weighted by Crippen LogP contribution is 2.21. The van der Waals surface area contributed by atoms with Crippen LogP contribution in [0.3, 0.4) is 0 Å². The number of hydrogen-bond acceptors (Lipinski definition) is 5. The summed E-state index contributed by atoms with van der Waals surface area (Å²) in [5.74, 6) is 0. The van der Waals surface area contributed by atoms with Gasteiger partial charge in [-0.25, -0.2) is 0 Å². The molecule has 1 fully saturated rings. The van der Waals surface area contributed by atoms with E-state index >= 15 is 0 Å². The highest BCUT2D eigenvalue weighted by atomic mass is 16.6. The lowest BCUT2D eigenvalue weighted by atomic mass is 10.1. The molecule has 2 rings (SSSR count). The molecular weight excluding hydrogens is 198 g/mol. The molecule has 0 aromatic carbocycles. The van der Waals surface area contributed by atoms with Crippen LogP contribution >= 0.6 is 0 Å². The third kappa shape index (κ3) is 1.80. The monoisotopic (exact) mass is 207 g/mol. The van der Waals surface area contributed by atoms with E-state index in [1.807, 2.05) is 4.90 Å². The first-order chi connectivity index (χ1) is 7.20. The fourth-order valence-electron chi connectivity index (χ4n) is 1.56. The summed E-state index contributed by atoms with van der Waals surface area (Å²) in [6.07, 6.45) is 2.67. The maximum atomic E-state index is 10.4. The molecule has 1 aliphatic heterocycles. The molecule has 1 aromatic rings. The van der Waals surface area contributed by atoms with Crippen LogP contribution in [0.5, 0.6) is 0 Å². The van der Waals surface area contributed by atoms with Crippen molar-refractivity contribution in [2.24, 2.45) is 0 Å². The Morgan fingerprint density at radius 3 is 3.00 bits per heavy atom. The van der Waals surface area contributed by atoms with Gasteiger partial charge in [0.1, 0.15) is 12.4 Å². The van der Waals surface area contributed by atoms with Crippen LogP contribution in [-0.4, -0.2) is 39.2 Å². The molecule has 0 atom stereocenters. The number of aromatic nitrogens is 2. The van der Waals surface area contributed by atoms with E-state index in [1.54, 1.807) is 4.68 Å². The first-order valence-corrected chi connectivity index (χ1v) is 4.48. The Morgan fingerprint density at radius 2 is 2.47 bits per heavy atom. The molecule has 7 heteroatoms. The number of nitriles is 1. The largest absolute Gasteiger partial charge is 0.307 e. The molecule has 1 aliphatic rings. The van der Waals surface area contributed by atoms with Crippen molar-refractivity contribution in [1.29, 1.82) is 5.26 Å². The number of nitro groups is 1. The van der Waals surface area contributed by atoms with Gasteiger partial charge in [0.2, 0.25) is 0 Å². The maximum Gasteiger partial charge on any atom is 0.307 e. The van der Waals surface area contributed by atoms with Crippen LogP contribution in [0.15, 0.2) is 12.4 Å². The van der Waals surface area contributed by atoms with Gasteiger partial charge in [0, 0.05) is 13.1 Å². The van der Waals surface area contributed by atoms with Crippen molar-refractivity contribution in [1.82, 2.24) is 14.7 Å². The minimum atomic E-state index is -0.463. The van der Waals surface area contributed by atoms with Crippen LogP contribution in [0.4, 0.5) is 5.69 Å². The molecule has 0 radical (unpaired) electrons. The summed E-state index contributed by atoms with van der Waals surface area (Å²) < 4.78 is 1.59. The van der Waals surface area contributed by atoms with Crippen LogP contribution in [0.1, 0.15) is 6.04 Å². The fourth-order valence-corrected chi connectivity index (χ4v) is 1.56. The van der Waals surface area contributed by atoms with E-state index in [1.165, 1.54) is 12.4 Å². The SMILES string of the molecule is N#CCN1CC(n2cc([N+](=O)[O-])cn2)C1. The van der Waals surface area contributed by atoms with E-state index in [0.29, 0.717) is 6.54 Å². The van der Waals surface area contributed by atoms with E-state index < -0.39 is 4.92 Å². The molecule has 0 bridgehead atoms. The van der Waals surface area contributed by atoms with Crippen LogP contribution in [0, 0.1) is 21.4 Å². The summed E-state index contributed by atoms with van der Waals surface area (Å²) in [6.45, 7) is 1.86. The lowest BCUT2D eigenvalue weighted by Gasteiger charge is -2.37. The molecule has 0 saturated carbocycles. The minimum Gasteiger partial charge on any atom is -0.286 e. The van der Waals surface area contributed by atoms with Crippen molar-refractivity contribution in [3.05, 3.63) is 22.5 Å². The number of rotatable bonds is 3. The van der Waals surface area contributed by atoms with E-state index in [2.05, 4.69) is 11.2 Å². The fraction of sp³-hybridized carbons (Fsp3) is 0.500. The molecule has 0 N–H and O–H groups in total. The highest BCUT2D eigenvalue weighted by Gasteiger charge is 2.29. The summed E-state index contributed by atoms with van der Waals surface area (Å²) >= 11 is 0. The second kappa shape index (κ2) is 3.67. The zero-order valence-corrected chi connectivity index (χ0v) is 7.91. The second-order valence-electron chi connectivity index (χ2n) is 3.44. The summed E-state index contributed by atoms with van der Waals surface area (Å²) in [7, 11) is 0. The predicted octanol–water partition coefficient (Wildman–Crippen LogP) is 0.172. The van der Waals surface area contributed by atoms with Gasteiger partial charge in [0.25, 0.3) is 0 Å². The number of hydrogen-bond donors (Lipinski definition) is 0. The van der Waals surface area contributed by atoms with Gasteiger partial charge in [0.05, 0.1) is 23.6 Å². The van der Waals surface area contributed by atoms with E-state index in [4.69, 9.17) is 5.26 Å². The summed E-state index contributed by atoms with van der Waals surface area (Å²) in [5.41, 5.74) is 0.00809. The van der Waals surface area contributed by atoms with Gasteiger partial charge in [-0.1, -0.05) is 0 Å². The Balaban J connectivity index is 1.96. The van der Waals surface area contributed by atoms with Gasteiger partial charge >= 0.3 is 5.69 Å². The molecule has 0 aliphatic carbocycles. The minimum absolute atomic E-state index is 0.00809. The molecule has 0 unspecified atom stereocenters. The Kier molecular flexibility index (Phi) is 2.35.